The van der Waals surface area contributed by atoms with E-state index in [-0.39, 0.29) is 6.04 Å². The average Bonchev–Trinajstić information content (AvgIpc) is 2.19. The SMILES string of the molecule is CC1CCC(C(N)C(C)(C)S(C)(=O)=O)CC1C. The van der Waals surface area contributed by atoms with Gasteiger partial charge in [-0.05, 0) is 44.4 Å². The molecule has 0 radical (unpaired) electrons. The van der Waals surface area contributed by atoms with Crippen LogP contribution >= 0.6 is 0 Å². The van der Waals surface area contributed by atoms with Gasteiger partial charge >= 0.3 is 0 Å². The Morgan fingerprint density at radius 2 is 1.71 bits per heavy atom. The zero-order chi connectivity index (χ0) is 13.4. The predicted octanol–water partition coefficient (Wildman–Crippen LogP) is 2.21. The topological polar surface area (TPSA) is 60.2 Å². The Morgan fingerprint density at radius 1 is 1.18 bits per heavy atom. The first-order valence-electron chi connectivity index (χ1n) is 6.52. The first-order valence-corrected chi connectivity index (χ1v) is 8.41. The third-order valence-electron chi connectivity index (χ3n) is 4.91. The Kier molecular flexibility index (Phi) is 4.30. The second-order valence-corrected chi connectivity index (χ2v) is 9.03. The van der Waals surface area contributed by atoms with E-state index in [1.807, 2.05) is 0 Å². The summed E-state index contributed by atoms with van der Waals surface area (Å²) in [6.07, 6.45) is 4.58. The standard InChI is InChI=1S/C13H27NO2S/c1-9-6-7-11(8-10(9)2)12(14)13(3,4)17(5,15)16/h9-12H,6-8,14H2,1-5H3. The molecule has 0 aromatic carbocycles. The van der Waals surface area contributed by atoms with Crippen molar-refractivity contribution in [2.45, 2.75) is 57.7 Å². The van der Waals surface area contributed by atoms with Crippen molar-refractivity contribution >= 4 is 9.84 Å². The quantitative estimate of drug-likeness (QED) is 0.847. The molecule has 0 spiro atoms. The summed E-state index contributed by atoms with van der Waals surface area (Å²) in [4.78, 5) is 0. The van der Waals surface area contributed by atoms with E-state index < -0.39 is 14.6 Å². The van der Waals surface area contributed by atoms with Crippen molar-refractivity contribution in [2.75, 3.05) is 6.26 Å². The van der Waals surface area contributed by atoms with E-state index in [0.29, 0.717) is 11.8 Å². The monoisotopic (exact) mass is 261 g/mol. The largest absolute Gasteiger partial charge is 0.326 e. The lowest BCUT2D eigenvalue weighted by Crippen LogP contribution is -2.53. The second kappa shape index (κ2) is 4.88. The van der Waals surface area contributed by atoms with Gasteiger partial charge in [0.25, 0.3) is 0 Å². The summed E-state index contributed by atoms with van der Waals surface area (Å²) in [5.74, 6) is 1.72. The van der Waals surface area contributed by atoms with Gasteiger partial charge in [0.2, 0.25) is 0 Å². The van der Waals surface area contributed by atoms with Gasteiger partial charge in [-0.3, -0.25) is 0 Å². The molecule has 1 saturated carbocycles. The molecule has 17 heavy (non-hydrogen) atoms. The lowest BCUT2D eigenvalue weighted by atomic mass is 9.71. The Morgan fingerprint density at radius 3 is 2.12 bits per heavy atom. The Bertz CT molecular complexity index is 362. The fourth-order valence-corrected chi connectivity index (χ4v) is 3.42. The van der Waals surface area contributed by atoms with Crippen LogP contribution in [0.4, 0.5) is 0 Å². The fraction of sp³-hybridized carbons (Fsp3) is 1.00. The van der Waals surface area contributed by atoms with Crippen molar-refractivity contribution < 1.29 is 8.42 Å². The molecule has 2 N–H and O–H groups in total. The molecular formula is C13H27NO2S. The molecule has 0 amide bonds. The highest BCUT2D eigenvalue weighted by atomic mass is 32.2. The first-order chi connectivity index (χ1) is 7.57. The maximum absolute atomic E-state index is 11.8. The minimum atomic E-state index is -3.11. The third kappa shape index (κ3) is 3.02. The predicted molar refractivity (Wildman–Crippen MR) is 72.6 cm³/mol. The highest BCUT2D eigenvalue weighted by Crippen LogP contribution is 2.38. The molecule has 0 saturated heterocycles. The van der Waals surface area contributed by atoms with Crippen LogP contribution in [-0.2, 0) is 9.84 Å². The third-order valence-corrected chi connectivity index (χ3v) is 7.09. The van der Waals surface area contributed by atoms with Gasteiger partial charge in [-0.15, -0.1) is 0 Å². The lowest BCUT2D eigenvalue weighted by Gasteiger charge is -2.41. The van der Waals surface area contributed by atoms with E-state index in [4.69, 9.17) is 5.73 Å². The molecule has 0 aromatic heterocycles. The molecule has 4 atom stereocenters. The van der Waals surface area contributed by atoms with Crippen LogP contribution in [0.25, 0.3) is 0 Å². The second-order valence-electron chi connectivity index (χ2n) is 6.43. The molecule has 4 unspecified atom stereocenters. The Labute approximate surface area is 106 Å². The normalized spacial score (nSPS) is 33.4. The molecule has 1 aliphatic rings. The highest BCUT2D eigenvalue weighted by molar-refractivity contribution is 7.92. The summed E-state index contributed by atoms with van der Waals surface area (Å²) in [7, 11) is -3.11. The van der Waals surface area contributed by atoms with Crippen LogP contribution in [0.2, 0.25) is 0 Å². The van der Waals surface area contributed by atoms with Crippen LogP contribution in [0.15, 0.2) is 0 Å². The van der Waals surface area contributed by atoms with Gasteiger partial charge < -0.3 is 5.73 Å². The molecule has 0 heterocycles. The van der Waals surface area contributed by atoms with E-state index in [1.54, 1.807) is 13.8 Å². The van der Waals surface area contributed by atoms with E-state index in [9.17, 15) is 8.42 Å². The van der Waals surface area contributed by atoms with Crippen LogP contribution in [0.3, 0.4) is 0 Å². The maximum atomic E-state index is 11.8. The Balaban J connectivity index is 2.81. The van der Waals surface area contributed by atoms with Crippen LogP contribution in [0.1, 0.15) is 47.0 Å². The summed E-state index contributed by atoms with van der Waals surface area (Å²) < 4.78 is 22.8. The van der Waals surface area contributed by atoms with Crippen LogP contribution < -0.4 is 5.73 Å². The molecule has 3 nitrogen and oxygen atoms in total. The van der Waals surface area contributed by atoms with E-state index in [2.05, 4.69) is 13.8 Å². The van der Waals surface area contributed by atoms with E-state index in [1.165, 1.54) is 12.7 Å². The van der Waals surface area contributed by atoms with Gasteiger partial charge in [-0.1, -0.05) is 20.3 Å². The highest BCUT2D eigenvalue weighted by Gasteiger charge is 2.42. The van der Waals surface area contributed by atoms with Gasteiger partial charge in [-0.25, -0.2) is 8.42 Å². The summed E-state index contributed by atoms with van der Waals surface area (Å²) in [6, 6.07) is -0.257. The minimum Gasteiger partial charge on any atom is -0.326 e. The van der Waals surface area contributed by atoms with Gasteiger partial charge in [-0.2, -0.15) is 0 Å². The molecule has 1 aliphatic carbocycles. The van der Waals surface area contributed by atoms with Crippen molar-refractivity contribution in [1.82, 2.24) is 0 Å². The maximum Gasteiger partial charge on any atom is 0.154 e. The molecular weight excluding hydrogens is 234 g/mol. The van der Waals surface area contributed by atoms with E-state index in [0.717, 1.165) is 18.8 Å². The van der Waals surface area contributed by atoms with Crippen molar-refractivity contribution in [3.8, 4) is 0 Å². The lowest BCUT2D eigenvalue weighted by molar-refractivity contribution is 0.172. The van der Waals surface area contributed by atoms with Crippen molar-refractivity contribution in [2.24, 2.45) is 23.5 Å². The molecule has 0 aliphatic heterocycles. The zero-order valence-corrected chi connectivity index (χ0v) is 12.5. The zero-order valence-electron chi connectivity index (χ0n) is 11.7. The summed E-state index contributed by atoms with van der Waals surface area (Å²) in [6.45, 7) is 8.04. The van der Waals surface area contributed by atoms with Crippen LogP contribution in [0, 0.1) is 17.8 Å². The minimum absolute atomic E-state index is 0.257. The Hall–Kier alpha value is -0.0900. The summed E-state index contributed by atoms with van der Waals surface area (Å²) in [5, 5.41) is 0. The first kappa shape index (κ1) is 15.0. The van der Waals surface area contributed by atoms with Gasteiger partial charge in [0.05, 0.1) is 4.75 Å². The van der Waals surface area contributed by atoms with Gasteiger partial charge in [0.15, 0.2) is 9.84 Å². The number of hydrogen-bond acceptors (Lipinski definition) is 3. The summed E-state index contributed by atoms with van der Waals surface area (Å²) >= 11 is 0. The number of nitrogens with two attached hydrogens (primary N) is 1. The fourth-order valence-electron chi connectivity index (χ4n) is 2.73. The van der Waals surface area contributed by atoms with Crippen molar-refractivity contribution in [1.29, 1.82) is 0 Å². The van der Waals surface area contributed by atoms with Gasteiger partial charge in [0.1, 0.15) is 0 Å². The van der Waals surface area contributed by atoms with Gasteiger partial charge in [0, 0.05) is 12.3 Å². The van der Waals surface area contributed by atoms with Crippen molar-refractivity contribution in [3.05, 3.63) is 0 Å². The number of sulfone groups is 1. The molecule has 1 rings (SSSR count). The molecule has 1 fully saturated rings. The van der Waals surface area contributed by atoms with Crippen LogP contribution in [-0.4, -0.2) is 25.5 Å². The smallest absolute Gasteiger partial charge is 0.154 e. The summed E-state index contributed by atoms with van der Waals surface area (Å²) in [5.41, 5.74) is 6.24. The molecule has 0 aromatic rings. The molecule has 102 valence electrons. The van der Waals surface area contributed by atoms with Crippen LogP contribution in [0.5, 0.6) is 0 Å². The number of hydrogen-bond donors (Lipinski definition) is 1. The molecule has 0 bridgehead atoms. The van der Waals surface area contributed by atoms with Crippen molar-refractivity contribution in [3.63, 3.8) is 0 Å². The molecule has 4 heteroatoms. The van der Waals surface area contributed by atoms with E-state index >= 15 is 0 Å². The number of rotatable bonds is 3. The average molecular weight is 261 g/mol.